The van der Waals surface area contributed by atoms with Gasteiger partial charge in [0.25, 0.3) is 0 Å². The molecule has 2 unspecified atom stereocenters. The fourth-order valence-corrected chi connectivity index (χ4v) is 5.37. The molecule has 0 radical (unpaired) electrons. The number of benzene rings is 1. The summed E-state index contributed by atoms with van der Waals surface area (Å²) in [6.07, 6.45) is 8.87. The van der Waals surface area contributed by atoms with Crippen LogP contribution in [0.1, 0.15) is 81.4 Å². The molecule has 4 nitrogen and oxygen atoms in total. The molecule has 1 aliphatic carbocycles. The van der Waals surface area contributed by atoms with Crippen LogP contribution in [0.25, 0.3) is 10.9 Å². The van der Waals surface area contributed by atoms with Crippen LogP contribution >= 0.6 is 0 Å². The summed E-state index contributed by atoms with van der Waals surface area (Å²) in [5.74, 6) is 0.836. The molecule has 2 aromatic rings. The monoisotopic (exact) mass is 368 g/mol. The topological polar surface area (TPSA) is 45.5 Å². The van der Waals surface area contributed by atoms with Crippen molar-refractivity contribution in [2.75, 3.05) is 19.6 Å². The molecule has 146 valence electrons. The van der Waals surface area contributed by atoms with Crippen molar-refractivity contribution in [2.45, 2.75) is 70.1 Å². The van der Waals surface area contributed by atoms with Crippen molar-refractivity contribution < 1.29 is 9.90 Å². The number of rotatable bonds is 5. The lowest BCUT2D eigenvalue weighted by atomic mass is 9.77. The van der Waals surface area contributed by atoms with E-state index in [0.29, 0.717) is 11.8 Å². The Hall–Kier alpha value is -1.81. The zero-order valence-corrected chi connectivity index (χ0v) is 16.5. The summed E-state index contributed by atoms with van der Waals surface area (Å²) < 4.78 is 1.62. The molecule has 0 spiro atoms. The highest BCUT2D eigenvalue weighted by Crippen LogP contribution is 2.46. The molecule has 2 atom stereocenters. The number of likely N-dealkylation sites (tertiary alicyclic amines) is 1. The van der Waals surface area contributed by atoms with Crippen LogP contribution in [0.3, 0.4) is 0 Å². The first-order valence-corrected chi connectivity index (χ1v) is 10.8. The standard InChI is InChI=1S/C23H32N2O2/c1-2-3-9-17-12-13-18(16-24-14-7-4-8-15-24)21-19-10-5-6-11-20(19)25(22(17)21)23(26)27/h5-6,10-11,17-18H,2-4,7-9,12-16H2,1H3,(H,26,27). The molecule has 1 aliphatic heterocycles. The maximum atomic E-state index is 12.2. The van der Waals surface area contributed by atoms with E-state index in [9.17, 15) is 9.90 Å². The minimum atomic E-state index is -0.826. The van der Waals surface area contributed by atoms with Gasteiger partial charge in [0.15, 0.2) is 0 Å². The number of hydrogen-bond acceptors (Lipinski definition) is 2. The molecule has 1 saturated heterocycles. The molecule has 4 rings (SSSR count). The van der Waals surface area contributed by atoms with E-state index in [1.165, 1.54) is 50.8 Å². The summed E-state index contributed by atoms with van der Waals surface area (Å²) in [6, 6.07) is 8.14. The van der Waals surface area contributed by atoms with Crippen molar-refractivity contribution in [1.29, 1.82) is 0 Å². The average molecular weight is 369 g/mol. The van der Waals surface area contributed by atoms with E-state index >= 15 is 0 Å². The number of para-hydroxylation sites is 1. The molecule has 0 bridgehead atoms. The first kappa shape index (κ1) is 18.5. The van der Waals surface area contributed by atoms with Gasteiger partial charge >= 0.3 is 6.09 Å². The third kappa shape index (κ3) is 3.52. The van der Waals surface area contributed by atoms with Gasteiger partial charge in [0.05, 0.1) is 5.52 Å². The van der Waals surface area contributed by atoms with E-state index in [2.05, 4.69) is 24.0 Å². The number of carbonyl (C=O) groups is 1. The van der Waals surface area contributed by atoms with E-state index in [1.54, 1.807) is 4.57 Å². The fourth-order valence-electron chi connectivity index (χ4n) is 5.37. The number of nitrogens with zero attached hydrogens (tertiary/aromatic N) is 2. The largest absolute Gasteiger partial charge is 0.464 e. The van der Waals surface area contributed by atoms with Crippen molar-refractivity contribution in [3.8, 4) is 0 Å². The highest BCUT2D eigenvalue weighted by molar-refractivity contribution is 5.94. The van der Waals surface area contributed by atoms with E-state index in [0.717, 1.165) is 42.4 Å². The van der Waals surface area contributed by atoms with Gasteiger partial charge in [-0.2, -0.15) is 0 Å². The van der Waals surface area contributed by atoms with Gasteiger partial charge in [0.1, 0.15) is 0 Å². The van der Waals surface area contributed by atoms with Crippen molar-refractivity contribution >= 4 is 17.0 Å². The molecule has 1 aromatic carbocycles. The summed E-state index contributed by atoms with van der Waals surface area (Å²) in [6.45, 7) is 5.70. The number of aromatic nitrogens is 1. The van der Waals surface area contributed by atoms with Crippen molar-refractivity contribution in [2.24, 2.45) is 0 Å². The van der Waals surface area contributed by atoms with Crippen LogP contribution in [0.15, 0.2) is 24.3 Å². The summed E-state index contributed by atoms with van der Waals surface area (Å²) in [4.78, 5) is 14.8. The predicted molar refractivity (Wildman–Crippen MR) is 110 cm³/mol. The fraction of sp³-hybridized carbons (Fsp3) is 0.609. The minimum absolute atomic E-state index is 0.376. The Kier molecular flexibility index (Phi) is 5.53. The van der Waals surface area contributed by atoms with Crippen molar-refractivity contribution in [3.63, 3.8) is 0 Å². The molecule has 0 saturated carbocycles. The normalized spacial score (nSPS) is 23.4. The van der Waals surface area contributed by atoms with Crippen LogP contribution in [0.4, 0.5) is 4.79 Å². The SMILES string of the molecule is CCCCC1CCC(CN2CCCCC2)c2c1n(C(=O)O)c1ccccc21. The lowest BCUT2D eigenvalue weighted by Gasteiger charge is -2.35. The molecular formula is C23H32N2O2. The number of fused-ring (bicyclic) bond motifs is 3. The Morgan fingerprint density at radius 1 is 1.11 bits per heavy atom. The van der Waals surface area contributed by atoms with Crippen LogP contribution in [-0.2, 0) is 0 Å². The Morgan fingerprint density at radius 2 is 1.85 bits per heavy atom. The van der Waals surface area contributed by atoms with E-state index in [1.807, 2.05) is 12.1 Å². The van der Waals surface area contributed by atoms with Gasteiger partial charge in [-0.1, -0.05) is 44.4 Å². The average Bonchev–Trinajstić information content (AvgIpc) is 3.04. The second-order valence-corrected chi connectivity index (χ2v) is 8.41. The summed E-state index contributed by atoms with van der Waals surface area (Å²) in [7, 11) is 0. The Morgan fingerprint density at radius 3 is 2.59 bits per heavy atom. The quantitative estimate of drug-likeness (QED) is 0.725. The lowest BCUT2D eigenvalue weighted by molar-refractivity contribution is 0.193. The number of carboxylic acid groups (broad SMARTS) is 1. The van der Waals surface area contributed by atoms with Gasteiger partial charge < -0.3 is 10.0 Å². The first-order valence-electron chi connectivity index (χ1n) is 10.8. The van der Waals surface area contributed by atoms with Crippen LogP contribution in [0.2, 0.25) is 0 Å². The molecular weight excluding hydrogens is 336 g/mol. The highest BCUT2D eigenvalue weighted by atomic mass is 16.4. The maximum absolute atomic E-state index is 12.2. The minimum Gasteiger partial charge on any atom is -0.464 e. The molecule has 2 heterocycles. The van der Waals surface area contributed by atoms with E-state index in [4.69, 9.17) is 0 Å². The smallest absolute Gasteiger partial charge is 0.416 e. The Labute approximate surface area is 162 Å². The van der Waals surface area contributed by atoms with Crippen LogP contribution in [0.5, 0.6) is 0 Å². The molecule has 27 heavy (non-hydrogen) atoms. The van der Waals surface area contributed by atoms with Gasteiger partial charge in [-0.15, -0.1) is 0 Å². The van der Waals surface area contributed by atoms with Crippen LogP contribution < -0.4 is 0 Å². The van der Waals surface area contributed by atoms with Crippen molar-refractivity contribution in [3.05, 3.63) is 35.5 Å². The molecule has 0 amide bonds. The summed E-state index contributed by atoms with van der Waals surface area (Å²) in [5, 5.41) is 11.2. The van der Waals surface area contributed by atoms with E-state index in [-0.39, 0.29) is 0 Å². The second kappa shape index (κ2) is 8.05. The number of unbranched alkanes of at least 4 members (excludes halogenated alkanes) is 1. The predicted octanol–water partition coefficient (Wildman–Crippen LogP) is 5.80. The molecule has 2 aliphatic rings. The highest BCUT2D eigenvalue weighted by Gasteiger charge is 2.35. The first-order chi connectivity index (χ1) is 13.2. The lowest BCUT2D eigenvalue weighted by Crippen LogP contribution is -2.35. The Bertz CT molecular complexity index is 804. The van der Waals surface area contributed by atoms with Gasteiger partial charge in [0, 0.05) is 23.5 Å². The molecule has 1 fully saturated rings. The van der Waals surface area contributed by atoms with Crippen molar-refractivity contribution in [1.82, 2.24) is 9.47 Å². The van der Waals surface area contributed by atoms with E-state index < -0.39 is 6.09 Å². The zero-order valence-electron chi connectivity index (χ0n) is 16.5. The number of piperidine rings is 1. The third-order valence-corrected chi connectivity index (χ3v) is 6.64. The molecule has 1 aromatic heterocycles. The van der Waals surface area contributed by atoms with Gasteiger partial charge in [0.2, 0.25) is 0 Å². The summed E-state index contributed by atoms with van der Waals surface area (Å²) >= 11 is 0. The van der Waals surface area contributed by atoms with Gasteiger partial charge in [-0.05, 0) is 62.7 Å². The molecule has 4 heteroatoms. The maximum Gasteiger partial charge on any atom is 0.416 e. The van der Waals surface area contributed by atoms with Gasteiger partial charge in [-0.25, -0.2) is 9.36 Å². The molecule has 1 N–H and O–H groups in total. The second-order valence-electron chi connectivity index (χ2n) is 8.41. The third-order valence-electron chi connectivity index (χ3n) is 6.64. The number of hydrogen-bond donors (Lipinski definition) is 1. The summed E-state index contributed by atoms with van der Waals surface area (Å²) in [5.41, 5.74) is 3.32. The van der Waals surface area contributed by atoms with Crippen LogP contribution in [-0.4, -0.2) is 40.3 Å². The van der Waals surface area contributed by atoms with Gasteiger partial charge in [-0.3, -0.25) is 0 Å². The Balaban J connectivity index is 1.79. The zero-order chi connectivity index (χ0) is 18.8. The van der Waals surface area contributed by atoms with Crippen LogP contribution in [0, 0.1) is 0 Å².